The highest BCUT2D eigenvalue weighted by atomic mass is 16.5. The van der Waals surface area contributed by atoms with Gasteiger partial charge in [-0.25, -0.2) is 0 Å². The van der Waals surface area contributed by atoms with Gasteiger partial charge in [-0.1, -0.05) is 60.7 Å². The number of fused-ring (bicyclic) bond motifs is 3. The number of phenolic OH excluding ortho intramolecular Hbond substituents is 4. The number of carbonyl (C=O) groups excluding carboxylic acids is 1. The third-order valence-corrected chi connectivity index (χ3v) is 9.88. The van der Waals surface area contributed by atoms with Gasteiger partial charge in [-0.05, 0) is 90.0 Å². The highest BCUT2D eigenvalue weighted by Crippen LogP contribution is 2.54. The van der Waals surface area contributed by atoms with E-state index in [9.17, 15) is 30.3 Å². The SMILES string of the molecule is COc1ccc(CCC(=O)c2c(O)c3c(c4c2OC(c2ccc(O)cc2)C(C/C=C/c2ccc(O)cc2)C4)OC(c2ccc(O)cc2)C(O)C3)cc1. The van der Waals surface area contributed by atoms with Crippen molar-refractivity contribution in [1.82, 2.24) is 0 Å². The maximum Gasteiger partial charge on any atom is 0.170 e. The maximum absolute atomic E-state index is 14.2. The summed E-state index contributed by atoms with van der Waals surface area (Å²) in [5.74, 6) is 0.958. The van der Waals surface area contributed by atoms with Gasteiger partial charge in [-0.15, -0.1) is 0 Å². The van der Waals surface area contributed by atoms with Gasteiger partial charge >= 0.3 is 0 Å². The Labute approximate surface area is 301 Å². The van der Waals surface area contributed by atoms with Crippen LogP contribution in [0.2, 0.25) is 0 Å². The van der Waals surface area contributed by atoms with Gasteiger partial charge < -0.3 is 39.7 Å². The molecule has 5 aromatic rings. The van der Waals surface area contributed by atoms with Gasteiger partial charge in [0.15, 0.2) is 5.78 Å². The second-order valence-electron chi connectivity index (χ2n) is 13.3. The zero-order valence-electron chi connectivity index (χ0n) is 28.6. The van der Waals surface area contributed by atoms with Gasteiger partial charge in [0.25, 0.3) is 0 Å². The fraction of sp³-hybridized carbons (Fsp3) is 0.233. The summed E-state index contributed by atoms with van der Waals surface area (Å²) in [5.41, 5.74) is 4.32. The number of phenols is 4. The lowest BCUT2D eigenvalue weighted by atomic mass is 9.80. The lowest BCUT2D eigenvalue weighted by Crippen LogP contribution is -2.33. The molecular formula is C43H40O9. The van der Waals surface area contributed by atoms with Gasteiger partial charge in [0.2, 0.25) is 0 Å². The standard InChI is InChI=1S/C43H40O9/c1-50-33-20-7-26(8-21-33)9-22-36(47)38-39(49)34-24-37(48)41(28-12-18-32(46)19-13-28)52-42(34)35-23-29(4-2-3-25-5-14-30(44)15-6-25)40(51-43(35)38)27-10-16-31(45)17-11-27/h2-3,5-8,10-21,29,37,40-41,44-46,48-49H,4,9,22-24H2,1H3/b3-2+. The monoisotopic (exact) mass is 700 g/mol. The van der Waals surface area contributed by atoms with Crippen LogP contribution in [0.15, 0.2) is 103 Å². The van der Waals surface area contributed by atoms with Crippen LogP contribution < -0.4 is 14.2 Å². The molecule has 2 aliphatic rings. The van der Waals surface area contributed by atoms with Crippen molar-refractivity contribution in [3.8, 4) is 40.2 Å². The zero-order valence-corrected chi connectivity index (χ0v) is 28.6. The van der Waals surface area contributed by atoms with Gasteiger partial charge in [0.05, 0.1) is 13.2 Å². The number of aliphatic hydroxyl groups is 1. The van der Waals surface area contributed by atoms with Crippen molar-refractivity contribution in [2.24, 2.45) is 5.92 Å². The van der Waals surface area contributed by atoms with Crippen molar-refractivity contribution in [3.63, 3.8) is 0 Å². The smallest absolute Gasteiger partial charge is 0.170 e. The summed E-state index contributed by atoms with van der Waals surface area (Å²) in [6.07, 6.45) is 3.15. The number of rotatable bonds is 10. The molecular weight excluding hydrogens is 660 g/mol. The first-order chi connectivity index (χ1) is 25.2. The molecule has 2 heterocycles. The number of allylic oxidation sites excluding steroid dienone is 1. The van der Waals surface area contributed by atoms with Crippen molar-refractivity contribution in [1.29, 1.82) is 0 Å². The molecule has 0 aromatic heterocycles. The summed E-state index contributed by atoms with van der Waals surface area (Å²) in [7, 11) is 1.59. The van der Waals surface area contributed by atoms with Crippen LogP contribution >= 0.6 is 0 Å². The molecule has 9 heteroatoms. The quantitative estimate of drug-likeness (QED) is 0.0923. The minimum Gasteiger partial charge on any atom is -0.508 e. The number of benzene rings is 5. The lowest BCUT2D eigenvalue weighted by molar-refractivity contribution is 0.0169. The molecule has 9 nitrogen and oxygen atoms in total. The molecule has 7 rings (SSSR count). The minimum atomic E-state index is -1.04. The average Bonchev–Trinajstić information content (AvgIpc) is 3.15. The Morgan fingerprint density at radius 3 is 1.92 bits per heavy atom. The number of aliphatic hydroxyl groups excluding tert-OH is 1. The Balaban J connectivity index is 1.30. The summed E-state index contributed by atoms with van der Waals surface area (Å²) in [6.45, 7) is 0. The number of ketones is 1. The topological polar surface area (TPSA) is 146 Å². The van der Waals surface area contributed by atoms with Crippen molar-refractivity contribution < 1.29 is 44.5 Å². The normalized spacial score (nSPS) is 19.3. The third-order valence-electron chi connectivity index (χ3n) is 9.88. The van der Waals surface area contributed by atoms with E-state index < -0.39 is 18.3 Å². The molecule has 5 aromatic carbocycles. The first-order valence-corrected chi connectivity index (χ1v) is 17.3. The van der Waals surface area contributed by atoms with Crippen LogP contribution in [0.3, 0.4) is 0 Å². The number of hydrogen-bond donors (Lipinski definition) is 5. The van der Waals surface area contributed by atoms with Gasteiger partial charge in [-0.3, -0.25) is 4.79 Å². The summed E-state index contributed by atoms with van der Waals surface area (Å²) < 4.78 is 18.7. The second kappa shape index (κ2) is 14.7. The second-order valence-corrected chi connectivity index (χ2v) is 13.3. The number of ether oxygens (including phenoxy) is 3. The fourth-order valence-electron chi connectivity index (χ4n) is 7.13. The molecule has 4 unspecified atom stereocenters. The fourth-order valence-corrected chi connectivity index (χ4v) is 7.13. The van der Waals surface area contributed by atoms with Crippen molar-refractivity contribution in [3.05, 3.63) is 142 Å². The van der Waals surface area contributed by atoms with Crippen LogP contribution in [0, 0.1) is 5.92 Å². The number of hydrogen-bond acceptors (Lipinski definition) is 9. The highest BCUT2D eigenvalue weighted by molar-refractivity contribution is 6.03. The van der Waals surface area contributed by atoms with Crippen LogP contribution in [0.4, 0.5) is 0 Å². The molecule has 0 amide bonds. The number of Topliss-reactive ketones (excluding diaryl/α,β-unsaturated/α-hetero) is 1. The van der Waals surface area contributed by atoms with E-state index >= 15 is 0 Å². The molecule has 266 valence electrons. The van der Waals surface area contributed by atoms with Gasteiger partial charge in [0, 0.05) is 29.9 Å². The van der Waals surface area contributed by atoms with E-state index in [0.717, 1.165) is 16.7 Å². The molecule has 0 bridgehead atoms. The third kappa shape index (κ3) is 7.13. The lowest BCUT2D eigenvalue weighted by Gasteiger charge is -2.39. The van der Waals surface area contributed by atoms with E-state index in [4.69, 9.17) is 14.2 Å². The van der Waals surface area contributed by atoms with Crippen LogP contribution in [-0.2, 0) is 19.3 Å². The number of aromatic hydroxyl groups is 4. The summed E-state index contributed by atoms with van der Waals surface area (Å²) in [6, 6.07) is 27.6. The van der Waals surface area contributed by atoms with E-state index in [-0.39, 0.29) is 58.9 Å². The van der Waals surface area contributed by atoms with Crippen molar-refractivity contribution in [2.45, 2.75) is 50.4 Å². The molecule has 2 aliphatic heterocycles. The Morgan fingerprint density at radius 2 is 1.31 bits per heavy atom. The van der Waals surface area contributed by atoms with Crippen molar-refractivity contribution in [2.75, 3.05) is 7.11 Å². The first-order valence-electron chi connectivity index (χ1n) is 17.3. The van der Waals surface area contributed by atoms with Gasteiger partial charge in [-0.2, -0.15) is 0 Å². The molecule has 0 saturated heterocycles. The molecule has 5 N–H and O–H groups in total. The predicted molar refractivity (Wildman–Crippen MR) is 195 cm³/mol. The summed E-state index contributed by atoms with van der Waals surface area (Å²) in [4.78, 5) is 14.2. The Kier molecular flexibility index (Phi) is 9.78. The molecule has 0 radical (unpaired) electrons. The number of aryl methyl sites for hydroxylation is 1. The van der Waals surface area contributed by atoms with E-state index in [2.05, 4.69) is 0 Å². The van der Waals surface area contributed by atoms with Crippen LogP contribution in [0.5, 0.6) is 40.2 Å². The van der Waals surface area contributed by atoms with E-state index in [0.29, 0.717) is 47.5 Å². The van der Waals surface area contributed by atoms with Crippen LogP contribution in [0.1, 0.15) is 68.8 Å². The Morgan fingerprint density at radius 1 is 0.731 bits per heavy atom. The van der Waals surface area contributed by atoms with E-state index in [1.54, 1.807) is 55.6 Å². The first kappa shape index (κ1) is 34.5. The summed E-state index contributed by atoms with van der Waals surface area (Å²) >= 11 is 0. The van der Waals surface area contributed by atoms with E-state index in [1.807, 2.05) is 48.6 Å². The summed E-state index contributed by atoms with van der Waals surface area (Å²) in [5, 5.41) is 52.9. The highest BCUT2D eigenvalue weighted by Gasteiger charge is 2.42. The average molecular weight is 701 g/mol. The Hall–Kier alpha value is -5.93. The Bertz CT molecular complexity index is 2070. The van der Waals surface area contributed by atoms with Crippen LogP contribution in [-0.4, -0.2) is 44.5 Å². The minimum absolute atomic E-state index is 0.0333. The molecule has 0 spiro atoms. The number of methoxy groups -OCH3 is 1. The molecule has 0 saturated carbocycles. The number of carbonyl (C=O) groups is 1. The molecule has 0 fully saturated rings. The van der Waals surface area contributed by atoms with Crippen LogP contribution in [0.25, 0.3) is 6.08 Å². The molecule has 4 atom stereocenters. The largest absolute Gasteiger partial charge is 0.508 e. The molecule has 52 heavy (non-hydrogen) atoms. The molecule has 0 aliphatic carbocycles. The van der Waals surface area contributed by atoms with Gasteiger partial charge in [0.1, 0.15) is 58.0 Å². The van der Waals surface area contributed by atoms with Crippen molar-refractivity contribution >= 4 is 11.9 Å². The maximum atomic E-state index is 14.2. The van der Waals surface area contributed by atoms with E-state index in [1.165, 1.54) is 12.1 Å². The zero-order chi connectivity index (χ0) is 36.4. The predicted octanol–water partition coefficient (Wildman–Crippen LogP) is 7.77.